The number of phenolic OH excluding ortho intramolecular Hbond substituents is 1. The number of benzene rings is 1. The van der Waals surface area contributed by atoms with E-state index in [-0.39, 0.29) is 5.75 Å². The minimum atomic E-state index is 0.239. The Labute approximate surface area is 98.4 Å². The van der Waals surface area contributed by atoms with Crippen molar-refractivity contribution in [3.05, 3.63) is 61.6 Å². The quantitative estimate of drug-likeness (QED) is 0.754. The van der Waals surface area contributed by atoms with Crippen molar-refractivity contribution in [2.24, 2.45) is 0 Å². The lowest BCUT2D eigenvalue weighted by atomic mass is 10.2. The summed E-state index contributed by atoms with van der Waals surface area (Å²) < 4.78 is 9.17. The van der Waals surface area contributed by atoms with Crippen LogP contribution in [0, 0.1) is 0 Å². The van der Waals surface area contributed by atoms with Gasteiger partial charge in [0.25, 0.3) is 0 Å². The Morgan fingerprint density at radius 2 is 1.53 bits per heavy atom. The van der Waals surface area contributed by atoms with Gasteiger partial charge in [0.2, 0.25) is 0 Å². The predicted octanol–water partition coefficient (Wildman–Crippen LogP) is 2.92. The molecule has 1 aromatic heterocycles. The van der Waals surface area contributed by atoms with Crippen LogP contribution >= 0.6 is 0 Å². The van der Waals surface area contributed by atoms with Gasteiger partial charge in [-0.15, -0.1) is 0 Å². The molecule has 0 fully saturated rings. The Kier molecular flexibility index (Phi) is 3.60. The number of fused-ring (bicyclic) bond motifs is 1. The second kappa shape index (κ2) is 5.55. The highest BCUT2D eigenvalue weighted by molar-refractivity contribution is 5.83. The molecule has 1 aromatic carbocycles. The monoisotopic (exact) mass is 229 g/mol. The first-order valence-corrected chi connectivity index (χ1v) is 5.01. The third kappa shape index (κ3) is 2.98. The van der Waals surface area contributed by atoms with Gasteiger partial charge in [0.15, 0.2) is 0 Å². The number of ether oxygens (including phenoxy) is 2. The molecule has 0 unspecified atom stereocenters. The molecule has 0 atom stereocenters. The molecule has 1 aliphatic heterocycles. The molecule has 0 saturated heterocycles. The van der Waals surface area contributed by atoms with Gasteiger partial charge in [0.1, 0.15) is 36.3 Å². The lowest BCUT2D eigenvalue weighted by Crippen LogP contribution is -1.76. The number of aromatic hydroxyl groups is 1. The topological polar surface area (TPSA) is 51.6 Å². The standard InChI is InChI=1S/C9H7NO.C4H4O2/c11-8-5-1-3-7-4-2-6-10-9(7)8;1-2-6-4-3-5-1/h1-6,11H;1-4H. The van der Waals surface area contributed by atoms with Gasteiger partial charge < -0.3 is 14.6 Å². The summed E-state index contributed by atoms with van der Waals surface area (Å²) in [6.45, 7) is 0. The average Bonchev–Trinajstić information content (AvgIpc) is 2.42. The number of nitrogens with zero attached hydrogens (tertiary/aromatic N) is 1. The normalized spacial score (nSPS) is 12.2. The van der Waals surface area contributed by atoms with Crippen LogP contribution in [0.3, 0.4) is 0 Å². The molecule has 0 bridgehead atoms. The summed E-state index contributed by atoms with van der Waals surface area (Å²) in [4.78, 5) is 4.03. The van der Waals surface area contributed by atoms with E-state index < -0.39 is 0 Å². The summed E-state index contributed by atoms with van der Waals surface area (Å²) >= 11 is 0. The van der Waals surface area contributed by atoms with Crippen LogP contribution < -0.4 is 0 Å². The van der Waals surface area contributed by atoms with Crippen molar-refractivity contribution in [2.75, 3.05) is 0 Å². The minimum Gasteiger partial charge on any atom is -0.506 e. The average molecular weight is 229 g/mol. The van der Waals surface area contributed by atoms with Gasteiger partial charge in [-0.05, 0) is 12.1 Å². The SMILES string of the molecule is C1=COC=CO1.Oc1cccc2cccnc12. The Hall–Kier alpha value is -2.49. The van der Waals surface area contributed by atoms with E-state index in [1.165, 1.54) is 25.0 Å². The van der Waals surface area contributed by atoms with E-state index >= 15 is 0 Å². The van der Waals surface area contributed by atoms with Crippen molar-refractivity contribution in [3.63, 3.8) is 0 Å². The zero-order chi connectivity index (χ0) is 11.9. The molecule has 2 heterocycles. The minimum absolute atomic E-state index is 0.239. The molecular formula is C13H11NO3. The number of hydrogen-bond acceptors (Lipinski definition) is 4. The summed E-state index contributed by atoms with van der Waals surface area (Å²) in [7, 11) is 0. The fourth-order valence-corrected chi connectivity index (χ4v) is 1.31. The van der Waals surface area contributed by atoms with E-state index in [4.69, 9.17) is 0 Å². The van der Waals surface area contributed by atoms with Gasteiger partial charge in [0, 0.05) is 11.6 Å². The van der Waals surface area contributed by atoms with E-state index in [1.54, 1.807) is 18.3 Å². The maximum atomic E-state index is 9.31. The fourth-order valence-electron chi connectivity index (χ4n) is 1.31. The number of rotatable bonds is 0. The third-order valence-electron chi connectivity index (χ3n) is 2.04. The van der Waals surface area contributed by atoms with Gasteiger partial charge in [-0.1, -0.05) is 18.2 Å². The zero-order valence-electron chi connectivity index (χ0n) is 8.98. The second-order valence-electron chi connectivity index (χ2n) is 3.17. The summed E-state index contributed by atoms with van der Waals surface area (Å²) in [5, 5.41) is 10.3. The Morgan fingerprint density at radius 1 is 0.882 bits per heavy atom. The van der Waals surface area contributed by atoms with Crippen LogP contribution in [0.5, 0.6) is 5.75 Å². The molecule has 17 heavy (non-hydrogen) atoms. The molecule has 86 valence electrons. The first kappa shape index (κ1) is 11.0. The van der Waals surface area contributed by atoms with E-state index in [2.05, 4.69) is 14.5 Å². The maximum absolute atomic E-state index is 9.31. The van der Waals surface area contributed by atoms with Gasteiger partial charge in [-0.25, -0.2) is 0 Å². The lowest BCUT2D eigenvalue weighted by molar-refractivity contribution is 0.290. The van der Waals surface area contributed by atoms with Crippen molar-refractivity contribution in [3.8, 4) is 5.75 Å². The van der Waals surface area contributed by atoms with Gasteiger partial charge >= 0.3 is 0 Å². The fraction of sp³-hybridized carbons (Fsp3) is 0. The highest BCUT2D eigenvalue weighted by Crippen LogP contribution is 2.20. The molecule has 0 amide bonds. The molecule has 0 radical (unpaired) electrons. The smallest absolute Gasteiger partial charge is 0.141 e. The molecule has 0 spiro atoms. The third-order valence-corrected chi connectivity index (χ3v) is 2.04. The van der Waals surface area contributed by atoms with Crippen molar-refractivity contribution in [1.29, 1.82) is 0 Å². The summed E-state index contributed by atoms with van der Waals surface area (Å²) in [6, 6.07) is 9.13. The Morgan fingerprint density at radius 3 is 2.12 bits per heavy atom. The molecule has 0 aliphatic carbocycles. The van der Waals surface area contributed by atoms with Crippen LogP contribution in [0.25, 0.3) is 10.9 Å². The number of aromatic nitrogens is 1. The number of para-hydroxylation sites is 1. The molecule has 1 aliphatic rings. The number of hydrogen-bond donors (Lipinski definition) is 1. The van der Waals surface area contributed by atoms with Gasteiger partial charge in [0.05, 0.1) is 0 Å². The molecule has 4 heteroatoms. The number of pyridine rings is 1. The van der Waals surface area contributed by atoms with Crippen LogP contribution in [0.15, 0.2) is 61.6 Å². The molecule has 0 saturated carbocycles. The highest BCUT2D eigenvalue weighted by Gasteiger charge is 1.96. The number of phenols is 1. The molecule has 1 N–H and O–H groups in total. The first-order chi connectivity index (χ1) is 8.38. The summed E-state index contributed by atoms with van der Waals surface area (Å²) in [5.74, 6) is 0.239. The van der Waals surface area contributed by atoms with Crippen molar-refractivity contribution in [1.82, 2.24) is 4.98 Å². The van der Waals surface area contributed by atoms with Crippen LogP contribution in [0.2, 0.25) is 0 Å². The van der Waals surface area contributed by atoms with Gasteiger partial charge in [-0.2, -0.15) is 0 Å². The largest absolute Gasteiger partial charge is 0.506 e. The van der Waals surface area contributed by atoms with Crippen molar-refractivity contribution < 1.29 is 14.6 Å². The summed E-state index contributed by atoms with van der Waals surface area (Å²) in [5.41, 5.74) is 0.662. The van der Waals surface area contributed by atoms with E-state index in [9.17, 15) is 5.11 Å². The highest BCUT2D eigenvalue weighted by atomic mass is 16.5. The molecule has 2 aromatic rings. The van der Waals surface area contributed by atoms with Crippen LogP contribution in [-0.4, -0.2) is 10.1 Å². The van der Waals surface area contributed by atoms with Crippen LogP contribution in [0.1, 0.15) is 0 Å². The predicted molar refractivity (Wildman–Crippen MR) is 63.9 cm³/mol. The maximum Gasteiger partial charge on any atom is 0.141 e. The summed E-state index contributed by atoms with van der Waals surface area (Å²) in [6.07, 6.45) is 7.50. The van der Waals surface area contributed by atoms with E-state index in [0.717, 1.165) is 5.39 Å². The van der Waals surface area contributed by atoms with Crippen LogP contribution in [-0.2, 0) is 9.47 Å². The molecular weight excluding hydrogens is 218 g/mol. The van der Waals surface area contributed by atoms with Crippen molar-refractivity contribution >= 4 is 10.9 Å². The van der Waals surface area contributed by atoms with Gasteiger partial charge in [-0.3, -0.25) is 4.98 Å². The first-order valence-electron chi connectivity index (χ1n) is 5.01. The Bertz CT molecular complexity index is 524. The van der Waals surface area contributed by atoms with Crippen molar-refractivity contribution in [2.45, 2.75) is 0 Å². The van der Waals surface area contributed by atoms with Crippen LogP contribution in [0.4, 0.5) is 0 Å². The van der Waals surface area contributed by atoms with E-state index in [1.807, 2.05) is 18.2 Å². The molecule has 4 nitrogen and oxygen atoms in total. The second-order valence-corrected chi connectivity index (χ2v) is 3.17. The lowest BCUT2D eigenvalue weighted by Gasteiger charge is -1.96. The molecule has 3 rings (SSSR count). The Balaban J connectivity index is 0.000000153. The van der Waals surface area contributed by atoms with E-state index in [0.29, 0.717) is 5.52 Å². The zero-order valence-corrected chi connectivity index (χ0v) is 8.98.